The van der Waals surface area contributed by atoms with Crippen LogP contribution in [0.15, 0.2) is 0 Å². The van der Waals surface area contributed by atoms with Gasteiger partial charge in [0.1, 0.15) is 0 Å². The molecule has 5 heteroatoms. The smallest absolute Gasteiger partial charge is 0.0712 e. The lowest BCUT2D eigenvalue weighted by Crippen LogP contribution is -2.21. The average molecular weight is 207 g/mol. The maximum atomic E-state index is 8.51. The van der Waals surface area contributed by atoms with E-state index in [9.17, 15) is 0 Å². The van der Waals surface area contributed by atoms with E-state index in [4.69, 9.17) is 19.9 Å². The van der Waals surface area contributed by atoms with Gasteiger partial charge in [-0.1, -0.05) is 5.23 Å². The number of hydroxylamine groups is 2. The molecule has 0 heterocycles. The summed E-state index contributed by atoms with van der Waals surface area (Å²) in [6.07, 6.45) is 3.14. The van der Waals surface area contributed by atoms with Gasteiger partial charge in [-0.2, -0.15) is 0 Å². The number of hydrogen-bond donors (Lipinski definition) is 2. The second-order valence-electron chi connectivity index (χ2n) is 2.97. The third-order valence-corrected chi connectivity index (χ3v) is 1.65. The Morgan fingerprint density at radius 3 is 1.64 bits per heavy atom. The van der Waals surface area contributed by atoms with Crippen molar-refractivity contribution in [2.75, 3.05) is 33.5 Å². The minimum atomic E-state index is 0.199. The molecule has 0 aliphatic carbocycles. The third kappa shape index (κ3) is 9.88. The van der Waals surface area contributed by atoms with E-state index in [0.29, 0.717) is 13.2 Å². The lowest BCUT2D eigenvalue weighted by atomic mass is 10.3. The monoisotopic (exact) mass is 207 g/mol. The Hall–Kier alpha value is -0.200. The first-order valence-corrected chi connectivity index (χ1v) is 5.02. The molecule has 0 amide bonds. The summed E-state index contributed by atoms with van der Waals surface area (Å²) in [5, 5.41) is 18.3. The van der Waals surface area contributed by atoms with Crippen molar-refractivity contribution in [3.8, 4) is 0 Å². The van der Waals surface area contributed by atoms with E-state index >= 15 is 0 Å². The van der Waals surface area contributed by atoms with Gasteiger partial charge in [0.2, 0.25) is 0 Å². The summed E-state index contributed by atoms with van der Waals surface area (Å²) in [5.74, 6) is 0. The molecule has 0 aromatic heterocycles. The van der Waals surface area contributed by atoms with Gasteiger partial charge in [0.15, 0.2) is 0 Å². The number of hydrogen-bond acceptors (Lipinski definition) is 5. The first-order valence-electron chi connectivity index (χ1n) is 5.02. The molecular weight excluding hydrogens is 186 g/mol. The van der Waals surface area contributed by atoms with Crippen molar-refractivity contribution in [3.05, 3.63) is 0 Å². The Kier molecular flexibility index (Phi) is 10.7. The highest BCUT2D eigenvalue weighted by Crippen LogP contribution is 1.95. The predicted octanol–water partition coefficient (Wildman–Crippen LogP) is 0.326. The van der Waals surface area contributed by atoms with E-state index in [0.717, 1.165) is 25.7 Å². The summed E-state index contributed by atoms with van der Waals surface area (Å²) in [6, 6.07) is 0. The Balaban J connectivity index is 3.07. The largest absolute Gasteiger partial charge is 0.396 e. The second kappa shape index (κ2) is 10.9. The quantitative estimate of drug-likeness (QED) is 0.399. The summed E-state index contributed by atoms with van der Waals surface area (Å²) in [5.41, 5.74) is 0. The van der Waals surface area contributed by atoms with Crippen LogP contribution >= 0.6 is 0 Å². The maximum Gasteiger partial charge on any atom is 0.0712 e. The van der Waals surface area contributed by atoms with Crippen LogP contribution in [0.3, 0.4) is 0 Å². The van der Waals surface area contributed by atoms with E-state index in [1.165, 1.54) is 5.23 Å². The van der Waals surface area contributed by atoms with E-state index < -0.39 is 0 Å². The summed E-state index contributed by atoms with van der Waals surface area (Å²) in [6.45, 7) is 1.50. The van der Waals surface area contributed by atoms with Crippen molar-refractivity contribution in [1.82, 2.24) is 5.23 Å². The fraction of sp³-hybridized carbons (Fsp3) is 1.00. The topological polar surface area (TPSA) is 62.2 Å². The number of unbranched alkanes of at least 4 members (excludes halogenated alkanes) is 2. The summed E-state index contributed by atoms with van der Waals surface area (Å²) in [4.78, 5) is 10.3. The van der Waals surface area contributed by atoms with Crippen LogP contribution in [0.25, 0.3) is 0 Å². The second-order valence-corrected chi connectivity index (χ2v) is 2.97. The van der Waals surface area contributed by atoms with Gasteiger partial charge in [-0.25, -0.2) is 0 Å². The van der Waals surface area contributed by atoms with Gasteiger partial charge < -0.3 is 10.2 Å². The molecule has 5 nitrogen and oxygen atoms in total. The molecule has 0 aliphatic heterocycles. The molecule has 0 aromatic carbocycles. The Morgan fingerprint density at radius 1 is 0.857 bits per heavy atom. The molecule has 0 bridgehead atoms. The van der Waals surface area contributed by atoms with Crippen molar-refractivity contribution in [2.45, 2.75) is 25.7 Å². The molecule has 86 valence electrons. The highest BCUT2D eigenvalue weighted by molar-refractivity contribution is 4.34. The lowest BCUT2D eigenvalue weighted by molar-refractivity contribution is -0.353. The molecule has 0 rings (SSSR count). The molecule has 0 atom stereocenters. The van der Waals surface area contributed by atoms with E-state index in [1.807, 2.05) is 0 Å². The molecule has 0 aromatic rings. The normalized spacial score (nSPS) is 11.1. The van der Waals surface area contributed by atoms with Gasteiger partial charge in [-0.15, -0.1) is 0 Å². The van der Waals surface area contributed by atoms with Gasteiger partial charge in [0.25, 0.3) is 0 Å². The number of nitrogens with zero attached hydrogens (tertiary/aromatic N) is 1. The van der Waals surface area contributed by atoms with Crippen LogP contribution < -0.4 is 0 Å². The van der Waals surface area contributed by atoms with Gasteiger partial charge in [0.05, 0.1) is 13.2 Å². The van der Waals surface area contributed by atoms with Crippen LogP contribution in [0.1, 0.15) is 25.7 Å². The minimum Gasteiger partial charge on any atom is -0.396 e. The van der Waals surface area contributed by atoms with Crippen LogP contribution in [0.2, 0.25) is 0 Å². The van der Waals surface area contributed by atoms with Gasteiger partial charge in [-0.05, 0) is 25.7 Å². The summed E-state index contributed by atoms with van der Waals surface area (Å²) < 4.78 is 0. The standard InChI is InChI=1S/C9H21NO4/c1-10(13-8-4-2-6-11)14-9-5-3-7-12/h11-12H,2-9H2,1H3. The fourth-order valence-electron chi connectivity index (χ4n) is 0.851. The molecule has 0 aliphatic rings. The average Bonchev–Trinajstić information content (AvgIpc) is 2.19. The zero-order valence-electron chi connectivity index (χ0n) is 8.81. The van der Waals surface area contributed by atoms with Crippen molar-refractivity contribution < 1.29 is 19.9 Å². The van der Waals surface area contributed by atoms with E-state index in [2.05, 4.69) is 0 Å². The Labute approximate surface area is 85.1 Å². The Bertz CT molecular complexity index is 101. The molecular formula is C9H21NO4. The molecule has 14 heavy (non-hydrogen) atoms. The fourth-order valence-corrected chi connectivity index (χ4v) is 0.851. The lowest BCUT2D eigenvalue weighted by Gasteiger charge is -2.15. The molecule has 2 N–H and O–H groups in total. The van der Waals surface area contributed by atoms with Gasteiger partial charge in [-0.3, -0.25) is 9.68 Å². The van der Waals surface area contributed by atoms with Crippen LogP contribution in [0.4, 0.5) is 0 Å². The van der Waals surface area contributed by atoms with Gasteiger partial charge in [0, 0.05) is 20.3 Å². The number of rotatable bonds is 10. The highest BCUT2D eigenvalue weighted by Gasteiger charge is 1.97. The van der Waals surface area contributed by atoms with E-state index in [1.54, 1.807) is 7.05 Å². The van der Waals surface area contributed by atoms with Crippen LogP contribution in [-0.2, 0) is 9.68 Å². The van der Waals surface area contributed by atoms with Crippen molar-refractivity contribution in [1.29, 1.82) is 0 Å². The molecule has 0 radical (unpaired) electrons. The maximum absolute atomic E-state index is 8.51. The third-order valence-electron chi connectivity index (χ3n) is 1.65. The van der Waals surface area contributed by atoms with Crippen LogP contribution in [0, 0.1) is 0 Å². The minimum absolute atomic E-state index is 0.199. The zero-order valence-corrected chi connectivity index (χ0v) is 8.81. The number of aliphatic hydroxyl groups excluding tert-OH is 2. The molecule has 0 saturated heterocycles. The SMILES string of the molecule is CN(OCCCCO)OCCCCO. The van der Waals surface area contributed by atoms with Crippen LogP contribution in [0.5, 0.6) is 0 Å². The summed E-state index contributed by atoms with van der Waals surface area (Å²) >= 11 is 0. The highest BCUT2D eigenvalue weighted by atomic mass is 16.9. The molecule has 0 spiro atoms. The van der Waals surface area contributed by atoms with Crippen LogP contribution in [-0.4, -0.2) is 48.9 Å². The molecule has 0 unspecified atom stereocenters. The molecule has 0 saturated carbocycles. The number of aliphatic hydroxyl groups is 2. The predicted molar refractivity (Wildman–Crippen MR) is 52.3 cm³/mol. The van der Waals surface area contributed by atoms with Crippen molar-refractivity contribution >= 4 is 0 Å². The Morgan fingerprint density at radius 2 is 1.29 bits per heavy atom. The van der Waals surface area contributed by atoms with Crippen molar-refractivity contribution in [2.24, 2.45) is 0 Å². The zero-order chi connectivity index (χ0) is 10.6. The first-order chi connectivity index (χ1) is 6.81. The van der Waals surface area contributed by atoms with E-state index in [-0.39, 0.29) is 13.2 Å². The van der Waals surface area contributed by atoms with Gasteiger partial charge >= 0.3 is 0 Å². The summed E-state index contributed by atoms with van der Waals surface area (Å²) in [7, 11) is 1.69. The first kappa shape index (κ1) is 13.8. The van der Waals surface area contributed by atoms with Crippen molar-refractivity contribution in [3.63, 3.8) is 0 Å². The molecule has 0 fully saturated rings.